The number of allylic oxidation sites excluding steroid dienone is 1. The fourth-order valence-corrected chi connectivity index (χ4v) is 2.71. The molecule has 0 saturated carbocycles. The van der Waals surface area contributed by atoms with Crippen molar-refractivity contribution in [2.75, 3.05) is 14.2 Å². The van der Waals surface area contributed by atoms with Gasteiger partial charge in [0.25, 0.3) is 0 Å². The lowest BCUT2D eigenvalue weighted by Crippen LogP contribution is -1.97. The van der Waals surface area contributed by atoms with Crippen molar-refractivity contribution in [1.29, 1.82) is 5.26 Å². The number of benzene rings is 2. The van der Waals surface area contributed by atoms with E-state index in [1.807, 2.05) is 54.1 Å². The van der Waals surface area contributed by atoms with Crippen LogP contribution in [-0.4, -0.2) is 23.8 Å². The third-order valence-corrected chi connectivity index (χ3v) is 3.88. The van der Waals surface area contributed by atoms with Crippen LogP contribution in [0.5, 0.6) is 11.5 Å². The Kier molecular flexibility index (Phi) is 4.21. The van der Waals surface area contributed by atoms with Crippen molar-refractivity contribution < 1.29 is 9.47 Å². The lowest BCUT2D eigenvalue weighted by atomic mass is 10.1. The van der Waals surface area contributed by atoms with Gasteiger partial charge in [0.2, 0.25) is 0 Å². The Morgan fingerprint density at radius 2 is 1.92 bits per heavy atom. The second-order valence-electron chi connectivity index (χ2n) is 5.24. The number of imidazole rings is 1. The van der Waals surface area contributed by atoms with Crippen LogP contribution in [0.1, 0.15) is 11.4 Å². The van der Waals surface area contributed by atoms with Crippen LogP contribution < -0.4 is 9.47 Å². The molecule has 0 aliphatic rings. The van der Waals surface area contributed by atoms with Gasteiger partial charge in [-0.3, -0.25) is 0 Å². The lowest BCUT2D eigenvalue weighted by Gasteiger charge is -2.10. The standard InChI is InChI=1S/C19H17N3O2/c1-22-16-9-5-4-8-15(16)21-19(22)14(12-20)11-13-7-6-10-17(23-2)18(13)24-3/h4-11H,1-3H3. The van der Waals surface area contributed by atoms with Crippen molar-refractivity contribution in [2.24, 2.45) is 7.05 Å². The van der Waals surface area contributed by atoms with Crippen molar-refractivity contribution >= 4 is 22.7 Å². The number of para-hydroxylation sites is 3. The van der Waals surface area contributed by atoms with Crippen molar-refractivity contribution in [2.45, 2.75) is 0 Å². The first-order chi connectivity index (χ1) is 11.7. The quantitative estimate of drug-likeness (QED) is 0.689. The van der Waals surface area contributed by atoms with Gasteiger partial charge in [-0.2, -0.15) is 5.26 Å². The molecule has 0 aliphatic carbocycles. The summed E-state index contributed by atoms with van der Waals surface area (Å²) in [4.78, 5) is 4.58. The molecule has 0 spiro atoms. The molecule has 0 N–H and O–H groups in total. The van der Waals surface area contributed by atoms with Gasteiger partial charge in [-0.1, -0.05) is 24.3 Å². The number of fused-ring (bicyclic) bond motifs is 1. The number of rotatable bonds is 4. The summed E-state index contributed by atoms with van der Waals surface area (Å²) >= 11 is 0. The first-order valence-electron chi connectivity index (χ1n) is 7.44. The summed E-state index contributed by atoms with van der Waals surface area (Å²) in [5.41, 5.74) is 3.06. The Morgan fingerprint density at radius 1 is 1.12 bits per heavy atom. The molecule has 1 heterocycles. The van der Waals surface area contributed by atoms with Gasteiger partial charge < -0.3 is 14.0 Å². The minimum absolute atomic E-state index is 0.459. The van der Waals surface area contributed by atoms with Crippen molar-refractivity contribution in [3.63, 3.8) is 0 Å². The molecular weight excluding hydrogens is 302 g/mol. The number of hydrogen-bond acceptors (Lipinski definition) is 4. The van der Waals surface area contributed by atoms with Crippen molar-refractivity contribution in [1.82, 2.24) is 9.55 Å². The monoisotopic (exact) mass is 319 g/mol. The van der Waals surface area contributed by atoms with Crippen LogP contribution in [0.4, 0.5) is 0 Å². The highest BCUT2D eigenvalue weighted by molar-refractivity contribution is 5.92. The lowest BCUT2D eigenvalue weighted by molar-refractivity contribution is 0.354. The molecule has 0 unspecified atom stereocenters. The molecule has 0 fully saturated rings. The molecule has 5 heteroatoms. The fourth-order valence-electron chi connectivity index (χ4n) is 2.71. The number of aromatic nitrogens is 2. The summed E-state index contributed by atoms with van der Waals surface area (Å²) in [7, 11) is 5.07. The molecule has 1 aromatic heterocycles. The number of methoxy groups -OCH3 is 2. The average molecular weight is 319 g/mol. The predicted octanol–water partition coefficient (Wildman–Crippen LogP) is 3.65. The molecule has 0 atom stereocenters. The van der Waals surface area contributed by atoms with E-state index in [9.17, 15) is 5.26 Å². The summed E-state index contributed by atoms with van der Waals surface area (Å²) in [6, 6.07) is 15.6. The molecule has 24 heavy (non-hydrogen) atoms. The van der Waals surface area contributed by atoms with Gasteiger partial charge in [-0.15, -0.1) is 0 Å². The van der Waals surface area contributed by atoms with Gasteiger partial charge in [0, 0.05) is 12.6 Å². The van der Waals surface area contributed by atoms with Crippen LogP contribution in [-0.2, 0) is 7.05 Å². The smallest absolute Gasteiger partial charge is 0.167 e. The largest absolute Gasteiger partial charge is 0.493 e. The highest BCUT2D eigenvalue weighted by Gasteiger charge is 2.14. The molecule has 0 bridgehead atoms. The van der Waals surface area contributed by atoms with E-state index in [1.165, 1.54) is 0 Å². The van der Waals surface area contributed by atoms with Gasteiger partial charge in [0.05, 0.1) is 30.8 Å². The van der Waals surface area contributed by atoms with E-state index in [1.54, 1.807) is 20.3 Å². The minimum Gasteiger partial charge on any atom is -0.493 e. The van der Waals surface area contributed by atoms with Crippen LogP contribution in [0.25, 0.3) is 22.7 Å². The second kappa shape index (κ2) is 6.47. The van der Waals surface area contributed by atoms with Gasteiger partial charge in [0.15, 0.2) is 17.3 Å². The summed E-state index contributed by atoms with van der Waals surface area (Å²) in [6.07, 6.45) is 1.77. The zero-order valence-corrected chi connectivity index (χ0v) is 13.8. The third kappa shape index (κ3) is 2.59. The minimum atomic E-state index is 0.459. The fraction of sp³-hybridized carbons (Fsp3) is 0.158. The van der Waals surface area contributed by atoms with Crippen molar-refractivity contribution in [3.05, 3.63) is 53.9 Å². The maximum absolute atomic E-state index is 9.64. The number of aryl methyl sites for hydroxylation is 1. The summed E-state index contributed by atoms with van der Waals surface area (Å²) in [6.45, 7) is 0. The van der Waals surface area contributed by atoms with Crippen LogP contribution in [0, 0.1) is 11.3 Å². The maximum atomic E-state index is 9.64. The van der Waals surface area contributed by atoms with Crippen LogP contribution >= 0.6 is 0 Å². The van der Waals surface area contributed by atoms with Gasteiger partial charge in [-0.25, -0.2) is 4.98 Å². The van der Waals surface area contributed by atoms with E-state index >= 15 is 0 Å². The molecule has 5 nitrogen and oxygen atoms in total. The Bertz CT molecular complexity index is 964. The first-order valence-corrected chi connectivity index (χ1v) is 7.44. The zero-order chi connectivity index (χ0) is 17.1. The van der Waals surface area contributed by atoms with Gasteiger partial charge in [0.1, 0.15) is 6.07 Å². The number of nitrogens with zero attached hydrogens (tertiary/aromatic N) is 3. The predicted molar refractivity (Wildman–Crippen MR) is 93.7 cm³/mol. The second-order valence-corrected chi connectivity index (χ2v) is 5.24. The van der Waals surface area contributed by atoms with Crippen LogP contribution in [0.3, 0.4) is 0 Å². The van der Waals surface area contributed by atoms with Gasteiger partial charge in [-0.05, 0) is 24.3 Å². The Labute approximate surface area is 140 Å². The maximum Gasteiger partial charge on any atom is 0.167 e. The zero-order valence-electron chi connectivity index (χ0n) is 13.8. The SMILES string of the molecule is COc1cccc(C=C(C#N)c2nc3ccccc3n2C)c1OC. The molecule has 3 aromatic rings. The Hall–Kier alpha value is -3.26. The van der Waals surface area contributed by atoms with Crippen molar-refractivity contribution in [3.8, 4) is 17.6 Å². The molecule has 2 aromatic carbocycles. The topological polar surface area (TPSA) is 60.1 Å². The van der Waals surface area contributed by atoms with E-state index in [-0.39, 0.29) is 0 Å². The van der Waals surface area contributed by atoms with E-state index in [0.29, 0.717) is 22.9 Å². The van der Waals surface area contributed by atoms with E-state index in [2.05, 4.69) is 11.1 Å². The summed E-state index contributed by atoms with van der Waals surface area (Å²) in [5, 5.41) is 9.64. The van der Waals surface area contributed by atoms with Gasteiger partial charge >= 0.3 is 0 Å². The van der Waals surface area contributed by atoms with E-state index in [0.717, 1.165) is 16.6 Å². The van der Waals surface area contributed by atoms with Crippen LogP contribution in [0.2, 0.25) is 0 Å². The number of ether oxygens (including phenoxy) is 2. The molecule has 0 radical (unpaired) electrons. The first kappa shape index (κ1) is 15.6. The van der Waals surface area contributed by atoms with Crippen LogP contribution in [0.15, 0.2) is 42.5 Å². The molecule has 0 amide bonds. The Morgan fingerprint density at radius 3 is 2.58 bits per heavy atom. The third-order valence-electron chi connectivity index (χ3n) is 3.88. The molecule has 0 saturated heterocycles. The number of nitriles is 1. The molecular formula is C19H17N3O2. The molecule has 0 aliphatic heterocycles. The summed E-state index contributed by atoms with van der Waals surface area (Å²) < 4.78 is 12.7. The molecule has 3 rings (SSSR count). The summed E-state index contributed by atoms with van der Waals surface area (Å²) in [5.74, 6) is 1.82. The van der Waals surface area contributed by atoms with E-state index in [4.69, 9.17) is 9.47 Å². The highest BCUT2D eigenvalue weighted by atomic mass is 16.5. The average Bonchev–Trinajstić information content (AvgIpc) is 2.96. The molecule has 120 valence electrons. The Balaban J connectivity index is 2.17. The van der Waals surface area contributed by atoms with E-state index < -0.39 is 0 Å². The highest BCUT2D eigenvalue weighted by Crippen LogP contribution is 2.33. The normalized spacial score (nSPS) is 11.3. The number of hydrogen-bond donors (Lipinski definition) is 0.